The zero-order valence-corrected chi connectivity index (χ0v) is 21.9. The monoisotopic (exact) mass is 541 g/mol. The minimum absolute atomic E-state index is 0.113. The van der Waals surface area contributed by atoms with Gasteiger partial charge in [-0.05, 0) is 43.7 Å². The van der Waals surface area contributed by atoms with E-state index in [4.69, 9.17) is 9.72 Å². The van der Waals surface area contributed by atoms with Gasteiger partial charge in [-0.15, -0.1) is 11.3 Å². The molecule has 3 aromatic rings. The molecule has 1 aromatic carbocycles. The SMILES string of the molecule is C[C@@H]1CN(c2cccc(-c3csc(NC(=O)CNC(=O)c4cccc([C@]5(F)C[C@H](F)C5)c4)n3)n2)C[C@H](C)O1. The molecule has 0 unspecified atom stereocenters. The van der Waals surface area contributed by atoms with E-state index in [-0.39, 0.29) is 42.7 Å². The Morgan fingerprint density at radius 2 is 1.84 bits per heavy atom. The van der Waals surface area contributed by atoms with E-state index >= 15 is 0 Å². The van der Waals surface area contributed by atoms with Crippen molar-refractivity contribution >= 4 is 34.1 Å². The van der Waals surface area contributed by atoms with Gasteiger partial charge in [0.15, 0.2) is 5.13 Å². The van der Waals surface area contributed by atoms with Gasteiger partial charge in [0.25, 0.3) is 5.91 Å². The van der Waals surface area contributed by atoms with Crippen LogP contribution in [0, 0.1) is 0 Å². The summed E-state index contributed by atoms with van der Waals surface area (Å²) in [7, 11) is 0. The van der Waals surface area contributed by atoms with E-state index in [0.717, 1.165) is 18.9 Å². The minimum Gasteiger partial charge on any atom is -0.372 e. The molecule has 1 saturated carbocycles. The summed E-state index contributed by atoms with van der Waals surface area (Å²) in [5.41, 5.74) is 0.0583. The summed E-state index contributed by atoms with van der Waals surface area (Å²) in [5.74, 6) is -0.126. The number of thiazole rings is 1. The van der Waals surface area contributed by atoms with Crippen LogP contribution in [0.15, 0.2) is 47.8 Å². The highest BCUT2D eigenvalue weighted by atomic mass is 32.1. The average molecular weight is 542 g/mol. The van der Waals surface area contributed by atoms with Crippen LogP contribution < -0.4 is 15.5 Å². The van der Waals surface area contributed by atoms with Crippen molar-refractivity contribution < 1.29 is 23.1 Å². The number of carbonyl (C=O) groups is 2. The highest BCUT2D eigenvalue weighted by Crippen LogP contribution is 2.46. The molecule has 2 N–H and O–H groups in total. The molecule has 2 fully saturated rings. The van der Waals surface area contributed by atoms with Gasteiger partial charge in [-0.25, -0.2) is 18.7 Å². The normalized spacial score (nSPS) is 24.9. The molecule has 2 atom stereocenters. The Kier molecular flexibility index (Phi) is 7.40. The number of hydrogen-bond donors (Lipinski definition) is 2. The molecule has 2 amide bonds. The molecule has 1 aliphatic carbocycles. The van der Waals surface area contributed by atoms with Gasteiger partial charge >= 0.3 is 0 Å². The van der Waals surface area contributed by atoms with Crippen molar-refractivity contribution in [2.45, 2.75) is 50.7 Å². The molecule has 8 nitrogen and oxygen atoms in total. The molecule has 0 spiro atoms. The quantitative estimate of drug-likeness (QED) is 0.458. The molecule has 0 bridgehead atoms. The summed E-state index contributed by atoms with van der Waals surface area (Å²) in [6.45, 7) is 5.30. The maximum absolute atomic E-state index is 14.7. The number of hydrogen-bond acceptors (Lipinski definition) is 7. The zero-order chi connectivity index (χ0) is 26.9. The largest absolute Gasteiger partial charge is 0.372 e. The maximum atomic E-state index is 14.7. The van der Waals surface area contributed by atoms with E-state index in [0.29, 0.717) is 16.5 Å². The van der Waals surface area contributed by atoms with E-state index in [1.165, 1.54) is 23.5 Å². The van der Waals surface area contributed by atoms with Crippen LogP contribution in [0.25, 0.3) is 11.4 Å². The molecular weight excluding hydrogens is 512 g/mol. The van der Waals surface area contributed by atoms with E-state index in [1.807, 2.05) is 37.4 Å². The Labute approximate surface area is 223 Å². The van der Waals surface area contributed by atoms with Crippen LogP contribution in [0.5, 0.6) is 0 Å². The second-order valence-corrected chi connectivity index (χ2v) is 10.7. The first kappa shape index (κ1) is 26.2. The number of alkyl halides is 2. The number of nitrogens with one attached hydrogen (secondary N) is 2. The number of carbonyl (C=O) groups excluding carboxylic acids is 2. The van der Waals surface area contributed by atoms with Gasteiger partial charge in [0.05, 0.1) is 24.4 Å². The van der Waals surface area contributed by atoms with E-state index in [2.05, 4.69) is 20.5 Å². The fourth-order valence-corrected chi connectivity index (χ4v) is 5.52. The zero-order valence-electron chi connectivity index (χ0n) is 21.1. The number of nitrogens with zero attached hydrogens (tertiary/aromatic N) is 3. The molecule has 200 valence electrons. The Bertz CT molecular complexity index is 1320. The number of morpholine rings is 1. The van der Waals surface area contributed by atoms with Crippen LogP contribution in [0.4, 0.5) is 19.7 Å². The smallest absolute Gasteiger partial charge is 0.251 e. The molecule has 1 saturated heterocycles. The Hall–Kier alpha value is -3.44. The lowest BCUT2D eigenvalue weighted by Crippen LogP contribution is -2.45. The maximum Gasteiger partial charge on any atom is 0.251 e. The first-order valence-corrected chi connectivity index (χ1v) is 13.4. The lowest BCUT2D eigenvalue weighted by atomic mass is 9.75. The van der Waals surface area contributed by atoms with E-state index < -0.39 is 23.7 Å². The van der Waals surface area contributed by atoms with E-state index in [9.17, 15) is 18.4 Å². The summed E-state index contributed by atoms with van der Waals surface area (Å²) in [6, 6.07) is 11.8. The third-order valence-corrected chi connectivity index (χ3v) is 7.39. The van der Waals surface area contributed by atoms with Gasteiger partial charge in [0.2, 0.25) is 5.91 Å². The third-order valence-electron chi connectivity index (χ3n) is 6.63. The second kappa shape index (κ2) is 10.7. The number of anilines is 2. The molecule has 5 rings (SSSR count). The molecule has 2 aromatic heterocycles. The lowest BCUT2D eigenvalue weighted by molar-refractivity contribution is -0.115. The molecule has 11 heteroatoms. The molecule has 38 heavy (non-hydrogen) atoms. The topological polar surface area (TPSA) is 96.5 Å². The van der Waals surface area contributed by atoms with Gasteiger partial charge in [-0.1, -0.05) is 18.2 Å². The van der Waals surface area contributed by atoms with Crippen LogP contribution in [0.1, 0.15) is 42.6 Å². The number of pyridine rings is 1. The van der Waals surface area contributed by atoms with Crippen molar-refractivity contribution in [2.24, 2.45) is 0 Å². The minimum atomic E-state index is -1.75. The van der Waals surface area contributed by atoms with Gasteiger partial charge in [0.1, 0.15) is 23.4 Å². The van der Waals surface area contributed by atoms with Crippen molar-refractivity contribution in [2.75, 3.05) is 29.9 Å². The molecule has 3 heterocycles. The Morgan fingerprint density at radius 3 is 2.58 bits per heavy atom. The standard InChI is InChI=1S/C27H29F2N5O3S/c1-16-13-34(14-17(2)37-16)23-8-4-7-21(31-23)22-15-38-26(32-22)33-24(35)12-30-25(36)18-5-3-6-19(9-18)27(29)10-20(28)11-27/h3-9,15-17,20H,10-14H2,1-2H3,(H,30,36)(H,32,33,35)/t16-,17+,20-,27-. The van der Waals surface area contributed by atoms with Gasteiger partial charge in [-0.3, -0.25) is 9.59 Å². The van der Waals surface area contributed by atoms with Crippen molar-refractivity contribution in [3.05, 3.63) is 59.0 Å². The van der Waals surface area contributed by atoms with Crippen molar-refractivity contribution in [3.8, 4) is 11.4 Å². The number of amides is 2. The highest BCUT2D eigenvalue weighted by Gasteiger charge is 2.46. The van der Waals surface area contributed by atoms with Crippen molar-refractivity contribution in [1.29, 1.82) is 0 Å². The summed E-state index contributed by atoms with van der Waals surface area (Å²) in [6.07, 6.45) is -1.35. The summed E-state index contributed by atoms with van der Waals surface area (Å²) in [5, 5.41) is 7.41. The van der Waals surface area contributed by atoms with Crippen LogP contribution >= 0.6 is 11.3 Å². The highest BCUT2D eigenvalue weighted by molar-refractivity contribution is 7.14. The van der Waals surface area contributed by atoms with Gasteiger partial charge in [-0.2, -0.15) is 0 Å². The van der Waals surface area contributed by atoms with Gasteiger partial charge in [0, 0.05) is 36.9 Å². The lowest BCUT2D eigenvalue weighted by Gasteiger charge is -2.37. The van der Waals surface area contributed by atoms with Gasteiger partial charge < -0.3 is 20.3 Å². The molecule has 2 aliphatic rings. The van der Waals surface area contributed by atoms with Crippen LogP contribution in [0.2, 0.25) is 0 Å². The number of rotatable bonds is 7. The Balaban J connectivity index is 1.17. The van der Waals surface area contributed by atoms with Crippen LogP contribution in [0.3, 0.4) is 0 Å². The van der Waals surface area contributed by atoms with Crippen LogP contribution in [-0.2, 0) is 15.2 Å². The summed E-state index contributed by atoms with van der Waals surface area (Å²) < 4.78 is 33.7. The second-order valence-electron chi connectivity index (χ2n) is 9.86. The van der Waals surface area contributed by atoms with Crippen LogP contribution in [-0.4, -0.2) is 59.8 Å². The molecular formula is C27H29F2N5O3S. The first-order valence-electron chi connectivity index (χ1n) is 12.5. The number of aromatic nitrogens is 2. The first-order chi connectivity index (χ1) is 18.2. The molecule has 1 aliphatic heterocycles. The van der Waals surface area contributed by atoms with Crippen molar-refractivity contribution in [3.63, 3.8) is 0 Å². The fourth-order valence-electron chi connectivity index (χ4n) is 4.80. The number of benzene rings is 1. The number of ether oxygens (including phenoxy) is 1. The van der Waals surface area contributed by atoms with E-state index in [1.54, 1.807) is 12.1 Å². The summed E-state index contributed by atoms with van der Waals surface area (Å²) in [4.78, 5) is 36.4. The third kappa shape index (κ3) is 5.83. The average Bonchev–Trinajstić information content (AvgIpc) is 3.34. The molecule has 0 radical (unpaired) electrons. The summed E-state index contributed by atoms with van der Waals surface area (Å²) >= 11 is 1.26. The predicted octanol–water partition coefficient (Wildman–Crippen LogP) is 4.48. The fraction of sp³-hybridized carbons (Fsp3) is 0.407. The predicted molar refractivity (Wildman–Crippen MR) is 142 cm³/mol. The van der Waals surface area contributed by atoms with Crippen molar-refractivity contribution in [1.82, 2.24) is 15.3 Å². The number of halogens is 2. The Morgan fingerprint density at radius 1 is 1.11 bits per heavy atom.